The highest BCUT2D eigenvalue weighted by Gasteiger charge is 2.12. The molecule has 0 radical (unpaired) electrons. The number of nitrogens with one attached hydrogen (secondary N) is 1. The number of rotatable bonds is 2. The van der Waals surface area contributed by atoms with E-state index in [1.807, 2.05) is 6.07 Å². The van der Waals surface area contributed by atoms with E-state index in [2.05, 4.69) is 10.3 Å². The van der Waals surface area contributed by atoms with Gasteiger partial charge in [-0.05, 0) is 30.3 Å². The molecule has 19 heavy (non-hydrogen) atoms. The molecular weight excluding hydrogens is 269 g/mol. The van der Waals surface area contributed by atoms with Gasteiger partial charge in [0.05, 0.1) is 16.1 Å². The second-order valence-corrected chi connectivity index (χ2v) is 4.01. The summed E-state index contributed by atoms with van der Waals surface area (Å²) in [4.78, 5) is 15.2. The average molecular weight is 276 g/mol. The number of aromatic nitrogens is 1. The number of hydrogen-bond donors (Lipinski definition) is 1. The van der Waals surface area contributed by atoms with Crippen molar-refractivity contribution in [3.63, 3.8) is 0 Å². The number of anilines is 1. The molecule has 2 rings (SSSR count). The number of nitrogens with zero attached hydrogens (tertiary/aromatic N) is 2. The first-order valence-corrected chi connectivity index (χ1v) is 5.61. The van der Waals surface area contributed by atoms with Gasteiger partial charge in [-0.2, -0.15) is 9.65 Å². The van der Waals surface area contributed by atoms with Crippen LogP contribution in [0.15, 0.2) is 36.5 Å². The van der Waals surface area contributed by atoms with Gasteiger partial charge in [0, 0.05) is 11.9 Å². The monoisotopic (exact) mass is 275 g/mol. The van der Waals surface area contributed by atoms with E-state index in [1.165, 1.54) is 36.5 Å². The number of hydrogen-bond acceptors (Lipinski definition) is 3. The number of nitriles is 1. The predicted molar refractivity (Wildman–Crippen MR) is 68.3 cm³/mol. The van der Waals surface area contributed by atoms with Gasteiger partial charge < -0.3 is 5.32 Å². The molecule has 4 nitrogen and oxygen atoms in total. The highest BCUT2D eigenvalue weighted by Crippen LogP contribution is 2.20. The van der Waals surface area contributed by atoms with Crippen molar-refractivity contribution in [1.29, 1.82) is 5.26 Å². The molecule has 0 spiro atoms. The Morgan fingerprint density at radius 1 is 1.42 bits per heavy atom. The Bertz CT molecular complexity index is 682. The van der Waals surface area contributed by atoms with E-state index in [-0.39, 0.29) is 10.6 Å². The molecular formula is C13H7ClFN3O. The number of pyridine rings is 1. The third-order valence-electron chi connectivity index (χ3n) is 2.35. The SMILES string of the molecule is N#Cc1ccc(NC(=O)c2cccnc2F)cc1Cl. The fourth-order valence-electron chi connectivity index (χ4n) is 1.44. The summed E-state index contributed by atoms with van der Waals surface area (Å²) in [6, 6.07) is 9.09. The minimum absolute atomic E-state index is 0.164. The molecule has 0 aliphatic rings. The van der Waals surface area contributed by atoms with Crippen LogP contribution < -0.4 is 5.32 Å². The van der Waals surface area contributed by atoms with E-state index in [0.29, 0.717) is 11.3 Å². The molecule has 0 atom stereocenters. The minimum Gasteiger partial charge on any atom is -0.322 e. The molecule has 0 fully saturated rings. The molecule has 0 bridgehead atoms. The van der Waals surface area contributed by atoms with E-state index in [4.69, 9.17) is 16.9 Å². The molecule has 0 aliphatic carbocycles. The Morgan fingerprint density at radius 2 is 2.21 bits per heavy atom. The Hall–Kier alpha value is -2.45. The van der Waals surface area contributed by atoms with Crippen molar-refractivity contribution in [2.45, 2.75) is 0 Å². The summed E-state index contributed by atoms with van der Waals surface area (Å²) < 4.78 is 13.3. The lowest BCUT2D eigenvalue weighted by atomic mass is 10.2. The van der Waals surface area contributed by atoms with Gasteiger partial charge in [0.2, 0.25) is 5.95 Å². The maximum Gasteiger partial charge on any atom is 0.260 e. The lowest BCUT2D eigenvalue weighted by Crippen LogP contribution is -2.14. The Morgan fingerprint density at radius 3 is 2.84 bits per heavy atom. The highest BCUT2D eigenvalue weighted by atomic mass is 35.5. The van der Waals surface area contributed by atoms with Crippen LogP contribution in [0.4, 0.5) is 10.1 Å². The molecule has 1 N–H and O–H groups in total. The summed E-state index contributed by atoms with van der Waals surface area (Å²) in [5.74, 6) is -1.48. The van der Waals surface area contributed by atoms with Crippen LogP contribution in [0.1, 0.15) is 15.9 Å². The van der Waals surface area contributed by atoms with Gasteiger partial charge in [0.1, 0.15) is 6.07 Å². The Balaban J connectivity index is 2.23. The standard InChI is InChI=1S/C13H7ClFN3O/c14-11-6-9(4-3-8(11)7-16)18-13(19)10-2-1-5-17-12(10)15/h1-6H,(H,18,19). The summed E-state index contributed by atoms with van der Waals surface area (Å²) >= 11 is 5.83. The normalized spacial score (nSPS) is 9.74. The maximum absolute atomic E-state index is 13.3. The lowest BCUT2D eigenvalue weighted by molar-refractivity contribution is 0.102. The van der Waals surface area contributed by atoms with Crippen LogP contribution in [0.25, 0.3) is 0 Å². The van der Waals surface area contributed by atoms with Crippen LogP contribution in [0.5, 0.6) is 0 Å². The lowest BCUT2D eigenvalue weighted by Gasteiger charge is -2.06. The zero-order valence-electron chi connectivity index (χ0n) is 9.52. The van der Waals surface area contributed by atoms with Crippen molar-refractivity contribution in [3.8, 4) is 6.07 Å². The summed E-state index contributed by atoms with van der Waals surface area (Å²) in [7, 11) is 0. The van der Waals surface area contributed by atoms with Gasteiger partial charge in [-0.25, -0.2) is 4.98 Å². The Labute approximate surface area is 113 Å². The fraction of sp³-hybridized carbons (Fsp3) is 0. The second-order valence-electron chi connectivity index (χ2n) is 3.60. The van der Waals surface area contributed by atoms with Gasteiger partial charge in [-0.15, -0.1) is 0 Å². The van der Waals surface area contributed by atoms with E-state index in [1.54, 1.807) is 0 Å². The molecule has 94 valence electrons. The topological polar surface area (TPSA) is 65.8 Å². The average Bonchev–Trinajstić information content (AvgIpc) is 2.39. The quantitative estimate of drug-likeness (QED) is 0.857. The maximum atomic E-state index is 13.3. The number of halogens is 2. The van der Waals surface area contributed by atoms with Crippen molar-refractivity contribution >= 4 is 23.2 Å². The molecule has 1 amide bonds. The Kier molecular flexibility index (Phi) is 3.74. The van der Waals surface area contributed by atoms with E-state index in [0.717, 1.165) is 0 Å². The number of carbonyl (C=O) groups excluding carboxylic acids is 1. The molecule has 2 aromatic rings. The molecule has 1 heterocycles. The van der Waals surface area contributed by atoms with Crippen molar-refractivity contribution < 1.29 is 9.18 Å². The van der Waals surface area contributed by atoms with Crippen LogP contribution in [0, 0.1) is 17.3 Å². The predicted octanol–water partition coefficient (Wildman–Crippen LogP) is 3.00. The largest absolute Gasteiger partial charge is 0.322 e. The summed E-state index contributed by atoms with van der Waals surface area (Å²) in [5, 5.41) is 11.4. The fourth-order valence-corrected chi connectivity index (χ4v) is 1.66. The zero-order chi connectivity index (χ0) is 13.8. The van der Waals surface area contributed by atoms with Crippen LogP contribution in [-0.4, -0.2) is 10.9 Å². The second kappa shape index (κ2) is 5.46. The van der Waals surface area contributed by atoms with E-state index >= 15 is 0 Å². The smallest absolute Gasteiger partial charge is 0.260 e. The molecule has 0 saturated carbocycles. The number of carbonyl (C=O) groups is 1. The third-order valence-corrected chi connectivity index (χ3v) is 2.66. The first-order valence-electron chi connectivity index (χ1n) is 5.23. The van der Waals surface area contributed by atoms with Crippen LogP contribution in [0.3, 0.4) is 0 Å². The van der Waals surface area contributed by atoms with Crippen molar-refractivity contribution in [2.75, 3.05) is 5.32 Å². The van der Waals surface area contributed by atoms with Crippen LogP contribution in [-0.2, 0) is 0 Å². The zero-order valence-corrected chi connectivity index (χ0v) is 10.3. The van der Waals surface area contributed by atoms with E-state index in [9.17, 15) is 9.18 Å². The molecule has 0 unspecified atom stereocenters. The molecule has 1 aromatic carbocycles. The minimum atomic E-state index is -0.847. The van der Waals surface area contributed by atoms with Gasteiger partial charge in [0.25, 0.3) is 5.91 Å². The summed E-state index contributed by atoms with van der Waals surface area (Å²) in [6.45, 7) is 0. The molecule has 6 heteroatoms. The van der Waals surface area contributed by atoms with Crippen LogP contribution in [0.2, 0.25) is 5.02 Å². The van der Waals surface area contributed by atoms with Crippen molar-refractivity contribution in [3.05, 3.63) is 58.6 Å². The van der Waals surface area contributed by atoms with Gasteiger partial charge >= 0.3 is 0 Å². The number of benzene rings is 1. The van der Waals surface area contributed by atoms with Crippen molar-refractivity contribution in [1.82, 2.24) is 4.98 Å². The first-order chi connectivity index (χ1) is 9.11. The number of amides is 1. The van der Waals surface area contributed by atoms with Gasteiger partial charge in [-0.1, -0.05) is 11.6 Å². The van der Waals surface area contributed by atoms with Crippen LogP contribution >= 0.6 is 11.6 Å². The first kappa shape index (κ1) is 13.0. The molecule has 1 aromatic heterocycles. The summed E-state index contributed by atoms with van der Waals surface area (Å²) in [5.41, 5.74) is 0.507. The molecule has 0 aliphatic heterocycles. The van der Waals surface area contributed by atoms with Gasteiger partial charge in [0.15, 0.2) is 0 Å². The van der Waals surface area contributed by atoms with Gasteiger partial charge in [-0.3, -0.25) is 4.79 Å². The summed E-state index contributed by atoms with van der Waals surface area (Å²) in [6.07, 6.45) is 1.25. The van der Waals surface area contributed by atoms with E-state index < -0.39 is 11.9 Å². The van der Waals surface area contributed by atoms with Crippen molar-refractivity contribution in [2.24, 2.45) is 0 Å². The molecule has 0 saturated heterocycles. The highest BCUT2D eigenvalue weighted by molar-refractivity contribution is 6.32. The third kappa shape index (κ3) is 2.87.